The van der Waals surface area contributed by atoms with Crippen LogP contribution < -0.4 is 5.73 Å². The summed E-state index contributed by atoms with van der Waals surface area (Å²) in [4.78, 5) is 15.6. The highest BCUT2D eigenvalue weighted by Gasteiger charge is 2.37. The number of hydrogen-bond acceptors (Lipinski definition) is 3. The lowest BCUT2D eigenvalue weighted by Crippen LogP contribution is -2.56. The third kappa shape index (κ3) is 4.10. The smallest absolute Gasteiger partial charge is 0.242 e. The van der Waals surface area contributed by atoms with Crippen LogP contribution in [0.1, 0.15) is 43.9 Å². The van der Waals surface area contributed by atoms with Crippen LogP contribution in [-0.4, -0.2) is 22.9 Å². The zero-order valence-electron chi connectivity index (χ0n) is 11.7. The topological polar surface area (TPSA) is 46.3 Å². The maximum absolute atomic E-state index is 12.6. The second-order valence-electron chi connectivity index (χ2n) is 5.24. The van der Waals surface area contributed by atoms with Crippen molar-refractivity contribution < 1.29 is 4.79 Å². The van der Waals surface area contributed by atoms with Gasteiger partial charge in [0.05, 0.1) is 16.4 Å². The number of nitrogens with zero attached hydrogens (tertiary/aromatic N) is 1. The molecular formula is C14H22Cl2N2OS. The first-order valence-electron chi connectivity index (χ1n) is 6.87. The molecule has 0 aromatic carbocycles. The van der Waals surface area contributed by atoms with Crippen molar-refractivity contribution in [2.45, 2.75) is 51.1 Å². The van der Waals surface area contributed by atoms with E-state index in [9.17, 15) is 4.79 Å². The summed E-state index contributed by atoms with van der Waals surface area (Å²) in [6.07, 6.45) is 4.94. The molecule has 0 bridgehead atoms. The van der Waals surface area contributed by atoms with Crippen LogP contribution in [0.3, 0.4) is 0 Å². The number of thiophene rings is 1. The summed E-state index contributed by atoms with van der Waals surface area (Å²) in [5.41, 5.74) is 5.68. The standard InChI is InChI=1S/C14H21ClN2OS.ClH/c1-2-17(10-11-6-7-12(15)19-11)13(18)14(16)8-4-3-5-9-14;/h6-7H,2-5,8-10,16H2,1H3;1H. The Hall–Kier alpha value is -0.290. The number of hydrogen-bond donors (Lipinski definition) is 1. The van der Waals surface area contributed by atoms with Crippen molar-refractivity contribution in [3.63, 3.8) is 0 Å². The summed E-state index contributed by atoms with van der Waals surface area (Å²) in [7, 11) is 0. The molecule has 2 N–H and O–H groups in total. The van der Waals surface area contributed by atoms with Gasteiger partial charge in [-0.05, 0) is 31.9 Å². The molecule has 0 atom stereocenters. The molecule has 0 spiro atoms. The predicted molar refractivity (Wildman–Crippen MR) is 87.7 cm³/mol. The fraction of sp³-hybridized carbons (Fsp3) is 0.643. The summed E-state index contributed by atoms with van der Waals surface area (Å²) in [6.45, 7) is 3.30. The van der Waals surface area contributed by atoms with E-state index in [2.05, 4.69) is 0 Å². The minimum absolute atomic E-state index is 0. The van der Waals surface area contributed by atoms with Crippen molar-refractivity contribution in [3.05, 3.63) is 21.3 Å². The molecule has 20 heavy (non-hydrogen) atoms. The highest BCUT2D eigenvalue weighted by molar-refractivity contribution is 7.16. The molecule has 1 aliphatic rings. The van der Waals surface area contributed by atoms with Crippen LogP contribution >= 0.6 is 35.3 Å². The largest absolute Gasteiger partial charge is 0.336 e. The number of rotatable bonds is 4. The first-order valence-corrected chi connectivity index (χ1v) is 8.07. The molecule has 1 aromatic rings. The molecule has 6 heteroatoms. The molecule has 1 saturated carbocycles. The molecule has 1 amide bonds. The number of likely N-dealkylation sites (N-methyl/N-ethyl adjacent to an activating group) is 1. The summed E-state index contributed by atoms with van der Waals surface area (Å²) < 4.78 is 0.763. The Balaban J connectivity index is 0.00000200. The second kappa shape index (κ2) is 7.64. The van der Waals surface area contributed by atoms with Crippen LogP contribution in [-0.2, 0) is 11.3 Å². The van der Waals surface area contributed by atoms with Crippen molar-refractivity contribution in [2.24, 2.45) is 5.73 Å². The number of amides is 1. The van der Waals surface area contributed by atoms with E-state index in [0.717, 1.165) is 34.9 Å². The lowest BCUT2D eigenvalue weighted by atomic mass is 9.81. The maximum Gasteiger partial charge on any atom is 0.242 e. The van der Waals surface area contributed by atoms with Crippen molar-refractivity contribution >= 4 is 41.3 Å². The molecule has 1 heterocycles. The van der Waals surface area contributed by atoms with Gasteiger partial charge < -0.3 is 10.6 Å². The van der Waals surface area contributed by atoms with Gasteiger partial charge in [0.1, 0.15) is 0 Å². The van der Waals surface area contributed by atoms with Gasteiger partial charge in [-0.1, -0.05) is 30.9 Å². The highest BCUT2D eigenvalue weighted by Crippen LogP contribution is 2.29. The number of nitrogens with two attached hydrogens (primary N) is 1. The van der Waals surface area contributed by atoms with E-state index in [1.165, 1.54) is 17.8 Å². The molecule has 2 rings (SSSR count). The van der Waals surface area contributed by atoms with Gasteiger partial charge in [-0.15, -0.1) is 23.7 Å². The van der Waals surface area contributed by atoms with Gasteiger partial charge in [0.15, 0.2) is 0 Å². The van der Waals surface area contributed by atoms with E-state index in [-0.39, 0.29) is 18.3 Å². The SMILES string of the molecule is CCN(Cc1ccc(Cl)s1)C(=O)C1(N)CCCCC1.Cl. The Bertz CT molecular complexity index is 444. The molecule has 114 valence electrons. The van der Waals surface area contributed by atoms with E-state index < -0.39 is 5.54 Å². The van der Waals surface area contributed by atoms with Crippen molar-refractivity contribution in [3.8, 4) is 0 Å². The molecule has 0 unspecified atom stereocenters. The Morgan fingerprint density at radius 1 is 1.40 bits per heavy atom. The van der Waals surface area contributed by atoms with Gasteiger partial charge in [-0.3, -0.25) is 4.79 Å². The first-order chi connectivity index (χ1) is 9.05. The monoisotopic (exact) mass is 336 g/mol. The average Bonchev–Trinajstić information content (AvgIpc) is 2.81. The van der Waals surface area contributed by atoms with Gasteiger partial charge in [-0.25, -0.2) is 0 Å². The van der Waals surface area contributed by atoms with Crippen LogP contribution in [0.15, 0.2) is 12.1 Å². The fourth-order valence-corrected chi connectivity index (χ4v) is 3.77. The summed E-state index contributed by atoms with van der Waals surface area (Å²) in [5.74, 6) is 0.0965. The zero-order valence-corrected chi connectivity index (χ0v) is 14.1. The molecule has 0 saturated heterocycles. The first kappa shape index (κ1) is 17.8. The maximum atomic E-state index is 12.6. The molecule has 1 fully saturated rings. The zero-order chi connectivity index (χ0) is 13.9. The highest BCUT2D eigenvalue weighted by atomic mass is 35.5. The van der Waals surface area contributed by atoms with Crippen LogP contribution in [0, 0.1) is 0 Å². The van der Waals surface area contributed by atoms with Crippen LogP contribution in [0.4, 0.5) is 0 Å². The van der Waals surface area contributed by atoms with Gasteiger partial charge in [-0.2, -0.15) is 0 Å². The van der Waals surface area contributed by atoms with Gasteiger partial charge in [0, 0.05) is 11.4 Å². The Kier molecular flexibility index (Phi) is 6.79. The van der Waals surface area contributed by atoms with Crippen LogP contribution in [0.2, 0.25) is 4.34 Å². The minimum Gasteiger partial charge on any atom is -0.336 e. The van der Waals surface area contributed by atoms with E-state index >= 15 is 0 Å². The third-order valence-electron chi connectivity index (χ3n) is 3.82. The summed E-state index contributed by atoms with van der Waals surface area (Å²) in [6, 6.07) is 3.85. The number of halogens is 2. The second-order valence-corrected chi connectivity index (χ2v) is 7.04. The van der Waals surface area contributed by atoms with Crippen molar-refractivity contribution in [2.75, 3.05) is 6.54 Å². The molecule has 0 aliphatic heterocycles. The molecule has 1 aliphatic carbocycles. The molecular weight excluding hydrogens is 315 g/mol. The Labute approximate surface area is 135 Å². The van der Waals surface area contributed by atoms with E-state index in [1.54, 1.807) is 0 Å². The predicted octanol–water partition coefficient (Wildman–Crippen LogP) is 3.83. The summed E-state index contributed by atoms with van der Waals surface area (Å²) in [5, 5.41) is 0. The average molecular weight is 337 g/mol. The number of carbonyl (C=O) groups is 1. The van der Waals surface area contributed by atoms with Gasteiger partial charge in [0.25, 0.3) is 0 Å². The third-order valence-corrected chi connectivity index (χ3v) is 5.03. The molecule has 3 nitrogen and oxygen atoms in total. The Morgan fingerprint density at radius 2 is 2.05 bits per heavy atom. The van der Waals surface area contributed by atoms with Crippen LogP contribution in [0.5, 0.6) is 0 Å². The number of carbonyl (C=O) groups excluding carboxylic acids is 1. The summed E-state index contributed by atoms with van der Waals surface area (Å²) >= 11 is 7.46. The van der Waals surface area contributed by atoms with Crippen molar-refractivity contribution in [1.29, 1.82) is 0 Å². The lowest BCUT2D eigenvalue weighted by Gasteiger charge is -2.36. The molecule has 1 aromatic heterocycles. The van der Waals surface area contributed by atoms with E-state index in [0.29, 0.717) is 13.1 Å². The quantitative estimate of drug-likeness (QED) is 0.907. The van der Waals surface area contributed by atoms with Gasteiger partial charge in [0.2, 0.25) is 5.91 Å². The minimum atomic E-state index is -0.644. The molecule has 0 radical (unpaired) electrons. The normalized spacial score (nSPS) is 17.4. The van der Waals surface area contributed by atoms with E-state index in [4.69, 9.17) is 17.3 Å². The van der Waals surface area contributed by atoms with Crippen molar-refractivity contribution in [1.82, 2.24) is 4.90 Å². The van der Waals surface area contributed by atoms with E-state index in [1.807, 2.05) is 24.0 Å². The fourth-order valence-electron chi connectivity index (χ4n) is 2.66. The lowest BCUT2D eigenvalue weighted by molar-refractivity contribution is -0.138. The van der Waals surface area contributed by atoms with Crippen LogP contribution in [0.25, 0.3) is 0 Å². The van der Waals surface area contributed by atoms with Gasteiger partial charge >= 0.3 is 0 Å². The Morgan fingerprint density at radius 3 is 2.55 bits per heavy atom.